The molecule has 1 aromatic heterocycles. The van der Waals surface area contributed by atoms with Gasteiger partial charge >= 0.3 is 0 Å². The van der Waals surface area contributed by atoms with E-state index in [9.17, 15) is 4.79 Å². The van der Waals surface area contributed by atoms with Gasteiger partial charge in [-0.1, -0.05) is 0 Å². The molecule has 15 heavy (non-hydrogen) atoms. The minimum atomic E-state index is -0.209. The van der Waals surface area contributed by atoms with Gasteiger partial charge in [0, 0.05) is 6.04 Å². The summed E-state index contributed by atoms with van der Waals surface area (Å²) in [6, 6.07) is 4.25. The van der Waals surface area contributed by atoms with Gasteiger partial charge in [0.15, 0.2) is 0 Å². The predicted octanol–water partition coefficient (Wildman–Crippen LogP) is 0.553. The Hall–Kier alpha value is -1.62. The highest BCUT2D eigenvalue weighted by Crippen LogP contribution is 2.23. The maximum atomic E-state index is 11.0. The molecule has 0 spiro atoms. The molecule has 1 fully saturated rings. The van der Waals surface area contributed by atoms with Gasteiger partial charge in [-0.2, -0.15) is 0 Å². The van der Waals surface area contributed by atoms with E-state index in [1.807, 2.05) is 12.1 Å². The summed E-state index contributed by atoms with van der Waals surface area (Å²) in [5.74, 6) is 0.642. The second-order valence-corrected chi connectivity index (χ2v) is 3.60. The fraction of sp³-hybridized carbons (Fsp3) is 0.400. The summed E-state index contributed by atoms with van der Waals surface area (Å²) >= 11 is 0. The molecular weight excluding hydrogens is 192 g/mol. The number of pyridine rings is 1. The molecule has 1 aliphatic rings. The summed E-state index contributed by atoms with van der Waals surface area (Å²) in [4.78, 5) is 15.2. The molecule has 1 saturated carbocycles. The molecule has 0 atom stereocenters. The summed E-state index contributed by atoms with van der Waals surface area (Å²) in [7, 11) is 0. The van der Waals surface area contributed by atoms with Crippen molar-refractivity contribution in [1.29, 1.82) is 0 Å². The summed E-state index contributed by atoms with van der Waals surface area (Å²) in [5.41, 5.74) is 5.85. The zero-order valence-electron chi connectivity index (χ0n) is 8.36. The van der Waals surface area contributed by atoms with E-state index in [-0.39, 0.29) is 12.5 Å². The van der Waals surface area contributed by atoms with E-state index in [2.05, 4.69) is 15.6 Å². The van der Waals surface area contributed by atoms with Crippen LogP contribution in [-0.2, 0) is 4.79 Å². The molecule has 1 aromatic rings. The molecule has 0 unspecified atom stereocenters. The molecule has 1 amide bonds. The van der Waals surface area contributed by atoms with Crippen molar-refractivity contribution in [1.82, 2.24) is 4.98 Å². The highest BCUT2D eigenvalue weighted by molar-refractivity contribution is 5.91. The standard InChI is InChI=1S/C10H14N4O/c11-5-10(15)14-8-3-4-9(12-6-8)13-7-1-2-7/h3-4,6-7H,1-2,5,11H2,(H,12,13)(H,14,15). The summed E-state index contributed by atoms with van der Waals surface area (Å²) in [6.07, 6.45) is 4.05. The number of nitrogens with one attached hydrogen (secondary N) is 2. The van der Waals surface area contributed by atoms with E-state index in [4.69, 9.17) is 5.73 Å². The third-order valence-electron chi connectivity index (χ3n) is 2.16. The fourth-order valence-corrected chi connectivity index (χ4v) is 1.20. The van der Waals surface area contributed by atoms with Crippen LogP contribution in [0.5, 0.6) is 0 Å². The first-order valence-corrected chi connectivity index (χ1v) is 5.00. The molecule has 80 valence electrons. The van der Waals surface area contributed by atoms with E-state index in [0.29, 0.717) is 11.7 Å². The van der Waals surface area contributed by atoms with Gasteiger partial charge in [0.25, 0.3) is 0 Å². The number of carbonyl (C=O) groups excluding carboxylic acids is 1. The third-order valence-corrected chi connectivity index (χ3v) is 2.16. The summed E-state index contributed by atoms with van der Waals surface area (Å²) in [6.45, 7) is -0.0118. The van der Waals surface area contributed by atoms with Gasteiger partial charge in [-0.25, -0.2) is 4.98 Å². The first-order chi connectivity index (χ1) is 7.28. The first-order valence-electron chi connectivity index (χ1n) is 5.00. The maximum absolute atomic E-state index is 11.0. The molecule has 0 aromatic carbocycles. The normalized spacial score (nSPS) is 14.7. The van der Waals surface area contributed by atoms with E-state index in [1.165, 1.54) is 12.8 Å². The summed E-state index contributed by atoms with van der Waals surface area (Å²) in [5, 5.41) is 5.90. The highest BCUT2D eigenvalue weighted by Gasteiger charge is 2.20. The van der Waals surface area contributed by atoms with Crippen molar-refractivity contribution in [2.75, 3.05) is 17.2 Å². The van der Waals surface area contributed by atoms with Crippen LogP contribution < -0.4 is 16.4 Å². The van der Waals surface area contributed by atoms with Crippen LogP contribution in [0.25, 0.3) is 0 Å². The number of hydrogen-bond acceptors (Lipinski definition) is 4. The number of anilines is 2. The molecule has 1 heterocycles. The van der Waals surface area contributed by atoms with E-state index in [1.54, 1.807) is 6.20 Å². The molecule has 0 bridgehead atoms. The molecule has 0 saturated heterocycles. The predicted molar refractivity (Wildman–Crippen MR) is 58.6 cm³/mol. The molecule has 5 heteroatoms. The molecule has 5 nitrogen and oxygen atoms in total. The van der Waals surface area contributed by atoms with Crippen LogP contribution >= 0.6 is 0 Å². The largest absolute Gasteiger partial charge is 0.367 e. The lowest BCUT2D eigenvalue weighted by molar-refractivity contribution is -0.114. The van der Waals surface area contributed by atoms with Crippen molar-refractivity contribution in [3.63, 3.8) is 0 Å². The Kier molecular flexibility index (Phi) is 2.82. The fourth-order valence-electron chi connectivity index (χ4n) is 1.20. The average molecular weight is 206 g/mol. The van der Waals surface area contributed by atoms with Crippen molar-refractivity contribution in [2.24, 2.45) is 5.73 Å². The van der Waals surface area contributed by atoms with Gasteiger partial charge in [0.2, 0.25) is 5.91 Å². The minimum absolute atomic E-state index is 0.0118. The Morgan fingerprint density at radius 1 is 1.53 bits per heavy atom. The quantitative estimate of drug-likeness (QED) is 0.672. The lowest BCUT2D eigenvalue weighted by Gasteiger charge is -2.05. The Morgan fingerprint density at radius 3 is 2.87 bits per heavy atom. The number of nitrogens with zero attached hydrogens (tertiary/aromatic N) is 1. The molecule has 2 rings (SSSR count). The Bertz CT molecular complexity index is 345. The van der Waals surface area contributed by atoms with E-state index >= 15 is 0 Å². The molecule has 1 aliphatic carbocycles. The van der Waals surface area contributed by atoms with Crippen LogP contribution in [0.15, 0.2) is 18.3 Å². The third kappa shape index (κ3) is 2.92. The minimum Gasteiger partial charge on any atom is -0.367 e. The van der Waals surface area contributed by atoms with E-state index < -0.39 is 0 Å². The van der Waals surface area contributed by atoms with E-state index in [0.717, 1.165) is 5.82 Å². The number of nitrogens with two attached hydrogens (primary N) is 1. The number of hydrogen-bond donors (Lipinski definition) is 3. The molecule has 4 N–H and O–H groups in total. The van der Waals surface area contributed by atoms with Crippen LogP contribution in [0.2, 0.25) is 0 Å². The van der Waals surface area contributed by atoms with Crippen LogP contribution in [-0.4, -0.2) is 23.5 Å². The smallest absolute Gasteiger partial charge is 0.238 e. The zero-order chi connectivity index (χ0) is 10.7. The SMILES string of the molecule is NCC(=O)Nc1ccc(NC2CC2)nc1. The van der Waals surface area contributed by atoms with Gasteiger partial charge < -0.3 is 16.4 Å². The van der Waals surface area contributed by atoms with Crippen LogP contribution in [0.1, 0.15) is 12.8 Å². The summed E-state index contributed by atoms with van der Waals surface area (Å²) < 4.78 is 0. The van der Waals surface area contributed by atoms with Crippen LogP contribution in [0.4, 0.5) is 11.5 Å². The van der Waals surface area contributed by atoms with Crippen molar-refractivity contribution in [2.45, 2.75) is 18.9 Å². The maximum Gasteiger partial charge on any atom is 0.238 e. The van der Waals surface area contributed by atoms with Crippen LogP contribution in [0.3, 0.4) is 0 Å². The Morgan fingerprint density at radius 2 is 2.33 bits per heavy atom. The van der Waals surface area contributed by atoms with Gasteiger partial charge in [-0.15, -0.1) is 0 Å². The van der Waals surface area contributed by atoms with Gasteiger partial charge in [-0.05, 0) is 25.0 Å². The number of rotatable bonds is 4. The lowest BCUT2D eigenvalue weighted by Crippen LogP contribution is -2.21. The highest BCUT2D eigenvalue weighted by atomic mass is 16.1. The Balaban J connectivity index is 1.93. The van der Waals surface area contributed by atoms with Crippen LogP contribution in [0, 0.1) is 0 Å². The monoisotopic (exact) mass is 206 g/mol. The van der Waals surface area contributed by atoms with Gasteiger partial charge in [0.1, 0.15) is 5.82 Å². The van der Waals surface area contributed by atoms with Crippen molar-refractivity contribution >= 4 is 17.4 Å². The van der Waals surface area contributed by atoms with Crippen molar-refractivity contribution in [3.8, 4) is 0 Å². The molecule has 0 radical (unpaired) electrons. The topological polar surface area (TPSA) is 80.0 Å². The molecular formula is C10H14N4O. The van der Waals surface area contributed by atoms with Crippen molar-refractivity contribution in [3.05, 3.63) is 18.3 Å². The number of amides is 1. The lowest BCUT2D eigenvalue weighted by atomic mass is 10.4. The van der Waals surface area contributed by atoms with Gasteiger partial charge in [0.05, 0.1) is 18.4 Å². The average Bonchev–Trinajstić information content (AvgIpc) is 3.05. The first kappa shape index (κ1) is 9.92. The second kappa shape index (κ2) is 4.27. The number of aromatic nitrogens is 1. The number of carbonyl (C=O) groups is 1. The zero-order valence-corrected chi connectivity index (χ0v) is 8.36. The van der Waals surface area contributed by atoms with Crippen molar-refractivity contribution < 1.29 is 4.79 Å². The molecule has 0 aliphatic heterocycles. The second-order valence-electron chi connectivity index (χ2n) is 3.60. The Labute approximate surface area is 88.1 Å². The van der Waals surface area contributed by atoms with Gasteiger partial charge in [-0.3, -0.25) is 4.79 Å².